The molecular weight excluding hydrogens is 235 g/mol. The molecule has 3 nitrogen and oxygen atoms in total. The van der Waals surface area contributed by atoms with E-state index in [4.69, 9.17) is 9.47 Å². The molecule has 0 aliphatic carbocycles. The van der Waals surface area contributed by atoms with Gasteiger partial charge in [-0.05, 0) is 6.07 Å². The average molecular weight is 247 g/mol. The number of nitrogens with zero attached hydrogens (tertiary/aromatic N) is 1. The Morgan fingerprint density at radius 3 is 2.47 bits per heavy atom. The van der Waals surface area contributed by atoms with E-state index in [-0.39, 0.29) is 12.0 Å². The third-order valence-corrected chi connectivity index (χ3v) is 2.52. The molecule has 94 valence electrons. The van der Waals surface area contributed by atoms with Crippen molar-refractivity contribution >= 4 is 0 Å². The quantitative estimate of drug-likeness (QED) is 0.805. The van der Waals surface area contributed by atoms with Gasteiger partial charge in [0.2, 0.25) is 5.88 Å². The van der Waals surface area contributed by atoms with Crippen molar-refractivity contribution in [2.75, 3.05) is 13.2 Å². The second-order valence-electron chi connectivity index (χ2n) is 3.81. The summed E-state index contributed by atoms with van der Waals surface area (Å²) >= 11 is 0. The van der Waals surface area contributed by atoms with Gasteiger partial charge < -0.3 is 9.47 Å². The maximum atomic E-state index is 12.3. The first-order valence-corrected chi connectivity index (χ1v) is 5.33. The lowest BCUT2D eigenvalue weighted by molar-refractivity contribution is -0.137. The van der Waals surface area contributed by atoms with Gasteiger partial charge in [0.25, 0.3) is 0 Å². The SMILES string of the molecule is FC(F)(F)c1ccc(OC2CCOCC2)nc1. The van der Waals surface area contributed by atoms with Gasteiger partial charge in [0, 0.05) is 25.1 Å². The third-order valence-electron chi connectivity index (χ3n) is 2.52. The fraction of sp³-hybridized carbons (Fsp3) is 0.545. The van der Waals surface area contributed by atoms with E-state index in [0.29, 0.717) is 13.2 Å². The van der Waals surface area contributed by atoms with Crippen molar-refractivity contribution in [3.63, 3.8) is 0 Å². The van der Waals surface area contributed by atoms with E-state index in [9.17, 15) is 13.2 Å². The average Bonchev–Trinajstić information content (AvgIpc) is 2.30. The van der Waals surface area contributed by atoms with Crippen LogP contribution in [0.2, 0.25) is 0 Å². The molecular formula is C11H12F3NO2. The molecule has 1 aliphatic heterocycles. The fourth-order valence-electron chi connectivity index (χ4n) is 1.58. The summed E-state index contributed by atoms with van der Waals surface area (Å²) in [5, 5.41) is 0. The third kappa shape index (κ3) is 3.33. The number of hydrogen-bond donors (Lipinski definition) is 0. The molecule has 0 saturated carbocycles. The number of ether oxygens (including phenoxy) is 2. The van der Waals surface area contributed by atoms with Crippen molar-refractivity contribution in [2.24, 2.45) is 0 Å². The second kappa shape index (κ2) is 4.91. The smallest absolute Gasteiger partial charge is 0.417 e. The number of aromatic nitrogens is 1. The molecule has 1 fully saturated rings. The minimum atomic E-state index is -4.36. The van der Waals surface area contributed by atoms with Crippen molar-refractivity contribution in [1.82, 2.24) is 4.98 Å². The number of rotatable bonds is 2. The van der Waals surface area contributed by atoms with E-state index in [2.05, 4.69) is 4.98 Å². The summed E-state index contributed by atoms with van der Waals surface area (Å²) in [7, 11) is 0. The molecule has 0 unspecified atom stereocenters. The maximum absolute atomic E-state index is 12.3. The van der Waals surface area contributed by atoms with Gasteiger partial charge >= 0.3 is 6.18 Å². The lowest BCUT2D eigenvalue weighted by Crippen LogP contribution is -2.26. The van der Waals surface area contributed by atoms with Crippen LogP contribution in [0, 0.1) is 0 Å². The molecule has 1 saturated heterocycles. The first kappa shape index (κ1) is 12.2. The molecule has 0 atom stereocenters. The van der Waals surface area contributed by atoms with Crippen molar-refractivity contribution in [2.45, 2.75) is 25.1 Å². The summed E-state index contributed by atoms with van der Waals surface area (Å²) in [6.45, 7) is 1.23. The van der Waals surface area contributed by atoms with E-state index in [1.165, 1.54) is 6.07 Å². The molecule has 1 aromatic rings. The predicted molar refractivity (Wildman–Crippen MR) is 53.7 cm³/mol. The molecule has 0 spiro atoms. The topological polar surface area (TPSA) is 31.4 Å². The molecule has 0 aromatic carbocycles. The second-order valence-corrected chi connectivity index (χ2v) is 3.81. The Bertz CT molecular complexity index is 358. The highest BCUT2D eigenvalue weighted by Gasteiger charge is 2.30. The molecule has 2 heterocycles. The number of alkyl halides is 3. The first-order valence-electron chi connectivity index (χ1n) is 5.33. The van der Waals surface area contributed by atoms with Crippen LogP contribution in [0.15, 0.2) is 18.3 Å². The monoisotopic (exact) mass is 247 g/mol. The molecule has 0 N–H and O–H groups in total. The highest BCUT2D eigenvalue weighted by Crippen LogP contribution is 2.29. The lowest BCUT2D eigenvalue weighted by atomic mass is 10.1. The zero-order valence-electron chi connectivity index (χ0n) is 9.04. The Hall–Kier alpha value is -1.30. The van der Waals surface area contributed by atoms with E-state index in [1.54, 1.807) is 0 Å². The van der Waals surface area contributed by atoms with Crippen molar-refractivity contribution < 1.29 is 22.6 Å². The van der Waals surface area contributed by atoms with Crippen molar-refractivity contribution in [3.8, 4) is 5.88 Å². The normalized spacial score (nSPS) is 18.1. The van der Waals surface area contributed by atoms with E-state index >= 15 is 0 Å². The fourth-order valence-corrected chi connectivity index (χ4v) is 1.58. The van der Waals surface area contributed by atoms with Crippen LogP contribution >= 0.6 is 0 Å². The summed E-state index contributed by atoms with van der Waals surface area (Å²) in [5.74, 6) is 0.227. The summed E-state index contributed by atoms with van der Waals surface area (Å²) in [6, 6.07) is 2.22. The van der Waals surface area contributed by atoms with Crippen LogP contribution in [0.3, 0.4) is 0 Å². The van der Waals surface area contributed by atoms with Crippen molar-refractivity contribution in [3.05, 3.63) is 23.9 Å². The molecule has 1 aliphatic rings. The minimum absolute atomic E-state index is 0.0204. The summed E-state index contributed by atoms with van der Waals surface area (Å²) in [6.07, 6.45) is -2.11. The van der Waals surface area contributed by atoms with Gasteiger partial charge in [0.15, 0.2) is 0 Å². The Labute approximate surface area is 96.6 Å². The molecule has 6 heteroatoms. The zero-order valence-corrected chi connectivity index (χ0v) is 9.04. The van der Waals surface area contributed by atoms with Gasteiger partial charge in [0.1, 0.15) is 6.10 Å². The van der Waals surface area contributed by atoms with Crippen LogP contribution in [0.4, 0.5) is 13.2 Å². The van der Waals surface area contributed by atoms with Crippen LogP contribution in [0.25, 0.3) is 0 Å². The molecule has 2 rings (SSSR count). The van der Waals surface area contributed by atoms with Gasteiger partial charge in [-0.3, -0.25) is 0 Å². The Morgan fingerprint density at radius 2 is 1.94 bits per heavy atom. The number of pyridine rings is 1. The predicted octanol–water partition coefficient (Wildman–Crippen LogP) is 2.66. The summed E-state index contributed by atoms with van der Waals surface area (Å²) < 4.78 is 47.5. The minimum Gasteiger partial charge on any atom is -0.474 e. The van der Waals surface area contributed by atoms with Gasteiger partial charge in [0.05, 0.1) is 18.8 Å². The van der Waals surface area contributed by atoms with Gasteiger partial charge in [-0.1, -0.05) is 0 Å². The maximum Gasteiger partial charge on any atom is 0.417 e. The highest BCUT2D eigenvalue weighted by molar-refractivity contribution is 5.20. The van der Waals surface area contributed by atoms with Crippen LogP contribution in [-0.2, 0) is 10.9 Å². The van der Waals surface area contributed by atoms with Gasteiger partial charge in [-0.2, -0.15) is 13.2 Å². The van der Waals surface area contributed by atoms with Crippen LogP contribution in [-0.4, -0.2) is 24.3 Å². The van der Waals surface area contributed by atoms with Gasteiger partial charge in [-0.15, -0.1) is 0 Å². The van der Waals surface area contributed by atoms with Crippen LogP contribution in [0.5, 0.6) is 5.88 Å². The number of halogens is 3. The van der Waals surface area contributed by atoms with Gasteiger partial charge in [-0.25, -0.2) is 4.98 Å². The Balaban J connectivity index is 1.98. The Kier molecular flexibility index (Phi) is 3.51. The van der Waals surface area contributed by atoms with E-state index < -0.39 is 11.7 Å². The summed E-state index contributed by atoms with van der Waals surface area (Å²) in [4.78, 5) is 3.66. The van der Waals surface area contributed by atoms with Crippen molar-refractivity contribution in [1.29, 1.82) is 0 Å². The lowest BCUT2D eigenvalue weighted by Gasteiger charge is -2.22. The van der Waals surface area contributed by atoms with E-state index in [0.717, 1.165) is 25.1 Å². The van der Waals surface area contributed by atoms with Crippen LogP contribution < -0.4 is 4.74 Å². The van der Waals surface area contributed by atoms with Crippen LogP contribution in [0.1, 0.15) is 18.4 Å². The zero-order chi connectivity index (χ0) is 12.3. The molecule has 0 radical (unpaired) electrons. The standard InChI is InChI=1S/C11H12F3NO2/c12-11(13,14)8-1-2-10(15-7-8)17-9-3-5-16-6-4-9/h1-2,7,9H,3-6H2. The molecule has 0 bridgehead atoms. The molecule has 17 heavy (non-hydrogen) atoms. The summed E-state index contributed by atoms with van der Waals surface area (Å²) in [5.41, 5.74) is -0.767. The van der Waals surface area contributed by atoms with E-state index in [1.807, 2.05) is 0 Å². The Morgan fingerprint density at radius 1 is 1.24 bits per heavy atom. The molecule has 1 aromatic heterocycles. The number of hydrogen-bond acceptors (Lipinski definition) is 3. The molecule has 0 amide bonds. The highest BCUT2D eigenvalue weighted by atomic mass is 19.4. The largest absolute Gasteiger partial charge is 0.474 e. The first-order chi connectivity index (χ1) is 8.05.